The van der Waals surface area contributed by atoms with Crippen molar-refractivity contribution in [1.82, 2.24) is 10.5 Å². The Morgan fingerprint density at radius 2 is 2.09 bits per heavy atom. The van der Waals surface area contributed by atoms with E-state index < -0.39 is 6.10 Å². The fourth-order valence-corrected chi connectivity index (χ4v) is 1.89. The maximum absolute atomic E-state index is 12.7. The highest BCUT2D eigenvalue weighted by atomic mass is 19.1. The zero-order valence-electron chi connectivity index (χ0n) is 12.3. The van der Waals surface area contributed by atoms with Crippen LogP contribution in [0.15, 0.2) is 28.8 Å². The molecule has 0 aliphatic carbocycles. The zero-order chi connectivity index (χ0) is 16.1. The maximum Gasteiger partial charge on any atom is 0.256 e. The number of aromatic nitrogens is 1. The third-order valence-corrected chi connectivity index (χ3v) is 3.01. The quantitative estimate of drug-likeness (QED) is 0.847. The average Bonchev–Trinajstić information content (AvgIpc) is 2.83. The van der Waals surface area contributed by atoms with Gasteiger partial charge in [0.15, 0.2) is 0 Å². The van der Waals surface area contributed by atoms with Crippen molar-refractivity contribution in [3.8, 4) is 5.75 Å². The van der Waals surface area contributed by atoms with Crippen LogP contribution >= 0.6 is 0 Å². The molecule has 1 aromatic heterocycles. The molecule has 1 heterocycles. The number of carbonyl (C=O) groups is 1. The van der Waals surface area contributed by atoms with Gasteiger partial charge in [0.2, 0.25) is 0 Å². The number of ether oxygens (including phenoxy) is 1. The summed E-state index contributed by atoms with van der Waals surface area (Å²) < 4.78 is 22.9. The van der Waals surface area contributed by atoms with E-state index in [4.69, 9.17) is 9.26 Å². The smallest absolute Gasteiger partial charge is 0.256 e. The summed E-state index contributed by atoms with van der Waals surface area (Å²) in [5, 5.41) is 16.1. The number of aliphatic hydroxyl groups is 1. The first-order valence-electron chi connectivity index (χ1n) is 6.75. The minimum Gasteiger partial charge on any atom is -0.491 e. The van der Waals surface area contributed by atoms with Crippen LogP contribution < -0.4 is 10.1 Å². The molecule has 118 valence electrons. The number of hydrogen-bond donors (Lipinski definition) is 2. The lowest BCUT2D eigenvalue weighted by atomic mass is 10.2. The van der Waals surface area contributed by atoms with E-state index in [0.717, 1.165) is 0 Å². The van der Waals surface area contributed by atoms with Crippen molar-refractivity contribution in [2.75, 3.05) is 13.2 Å². The highest BCUT2D eigenvalue weighted by Gasteiger charge is 2.18. The molecule has 7 heteroatoms. The fraction of sp³-hybridized carbons (Fsp3) is 0.333. The topological polar surface area (TPSA) is 84.6 Å². The molecule has 0 aliphatic rings. The van der Waals surface area contributed by atoms with Gasteiger partial charge in [0, 0.05) is 6.54 Å². The molecule has 0 aliphatic heterocycles. The molecular formula is C15H17FN2O4. The third kappa shape index (κ3) is 4.05. The maximum atomic E-state index is 12.7. The zero-order valence-corrected chi connectivity index (χ0v) is 12.3. The van der Waals surface area contributed by atoms with Crippen molar-refractivity contribution in [2.24, 2.45) is 0 Å². The van der Waals surface area contributed by atoms with Crippen molar-refractivity contribution in [3.63, 3.8) is 0 Å². The SMILES string of the molecule is Cc1noc(C)c1C(=O)NC[C@H](O)COc1ccc(F)cc1. The Kier molecular flexibility index (Phi) is 5.11. The summed E-state index contributed by atoms with van der Waals surface area (Å²) in [6, 6.07) is 5.46. The molecule has 0 bridgehead atoms. The van der Waals surface area contributed by atoms with Gasteiger partial charge in [-0.25, -0.2) is 4.39 Å². The second kappa shape index (κ2) is 7.04. The fourth-order valence-electron chi connectivity index (χ4n) is 1.89. The summed E-state index contributed by atoms with van der Waals surface area (Å²) in [5.41, 5.74) is 0.860. The first-order chi connectivity index (χ1) is 10.5. The molecule has 0 fully saturated rings. The Morgan fingerprint density at radius 3 is 2.68 bits per heavy atom. The van der Waals surface area contributed by atoms with Crippen LogP contribution in [0.4, 0.5) is 4.39 Å². The summed E-state index contributed by atoms with van der Waals surface area (Å²) in [6.45, 7) is 3.31. The number of benzene rings is 1. The normalized spacial score (nSPS) is 12.0. The summed E-state index contributed by atoms with van der Waals surface area (Å²) >= 11 is 0. The van der Waals surface area contributed by atoms with Gasteiger partial charge < -0.3 is 19.7 Å². The van der Waals surface area contributed by atoms with E-state index in [0.29, 0.717) is 22.8 Å². The molecule has 0 unspecified atom stereocenters. The molecule has 1 atom stereocenters. The number of rotatable bonds is 6. The monoisotopic (exact) mass is 308 g/mol. The highest BCUT2D eigenvalue weighted by Crippen LogP contribution is 2.12. The lowest BCUT2D eigenvalue weighted by Gasteiger charge is -2.13. The van der Waals surface area contributed by atoms with Crippen LogP contribution in [0.2, 0.25) is 0 Å². The predicted molar refractivity (Wildman–Crippen MR) is 76.2 cm³/mol. The molecule has 0 saturated heterocycles. The minimum absolute atomic E-state index is 0.0179. The van der Waals surface area contributed by atoms with Crippen LogP contribution in [0.25, 0.3) is 0 Å². The van der Waals surface area contributed by atoms with Crippen molar-refractivity contribution in [2.45, 2.75) is 20.0 Å². The van der Waals surface area contributed by atoms with Crippen LogP contribution in [-0.4, -0.2) is 35.4 Å². The predicted octanol–water partition coefficient (Wildman–Crippen LogP) is 1.60. The first-order valence-corrected chi connectivity index (χ1v) is 6.75. The number of halogens is 1. The Morgan fingerprint density at radius 1 is 1.41 bits per heavy atom. The Labute approximate surface area is 126 Å². The van der Waals surface area contributed by atoms with Gasteiger partial charge in [-0.3, -0.25) is 4.79 Å². The number of carbonyl (C=O) groups excluding carboxylic acids is 1. The minimum atomic E-state index is -0.894. The lowest BCUT2D eigenvalue weighted by Crippen LogP contribution is -2.35. The van der Waals surface area contributed by atoms with Crippen LogP contribution in [0.1, 0.15) is 21.8 Å². The molecule has 0 saturated carbocycles. The van der Waals surface area contributed by atoms with Gasteiger partial charge in [-0.05, 0) is 38.1 Å². The van der Waals surface area contributed by atoms with Crippen LogP contribution in [0.5, 0.6) is 5.75 Å². The number of aliphatic hydroxyl groups excluding tert-OH is 1. The lowest BCUT2D eigenvalue weighted by molar-refractivity contribution is 0.0842. The number of nitrogens with zero attached hydrogens (tertiary/aromatic N) is 1. The van der Waals surface area contributed by atoms with E-state index in [9.17, 15) is 14.3 Å². The molecule has 22 heavy (non-hydrogen) atoms. The standard InChI is InChI=1S/C15H17FN2O4/c1-9-14(10(2)22-18-9)15(20)17-7-12(19)8-21-13-5-3-11(16)4-6-13/h3-6,12,19H,7-8H2,1-2H3,(H,17,20)/t12-/m0/s1. The summed E-state index contributed by atoms with van der Waals surface area (Å²) in [6.07, 6.45) is -0.894. The van der Waals surface area contributed by atoms with Crippen molar-refractivity contribution < 1.29 is 23.6 Å². The largest absolute Gasteiger partial charge is 0.491 e. The Hall–Kier alpha value is -2.41. The average molecular weight is 308 g/mol. The van der Waals surface area contributed by atoms with Crippen molar-refractivity contribution >= 4 is 5.91 Å². The molecule has 2 N–H and O–H groups in total. The van der Waals surface area contributed by atoms with E-state index in [1.54, 1.807) is 13.8 Å². The van der Waals surface area contributed by atoms with E-state index in [-0.39, 0.29) is 24.9 Å². The molecule has 1 aromatic carbocycles. The summed E-state index contributed by atoms with van der Waals surface area (Å²) in [7, 11) is 0. The van der Waals surface area contributed by atoms with Gasteiger partial charge in [0.1, 0.15) is 35.6 Å². The van der Waals surface area contributed by atoms with E-state index in [2.05, 4.69) is 10.5 Å². The summed E-state index contributed by atoms with van der Waals surface area (Å²) in [4.78, 5) is 12.0. The number of amides is 1. The molecule has 0 spiro atoms. The second-order valence-electron chi connectivity index (χ2n) is 4.83. The highest BCUT2D eigenvalue weighted by molar-refractivity contribution is 5.96. The number of nitrogens with one attached hydrogen (secondary N) is 1. The third-order valence-electron chi connectivity index (χ3n) is 3.01. The Balaban J connectivity index is 1.79. The van der Waals surface area contributed by atoms with E-state index in [1.807, 2.05) is 0 Å². The van der Waals surface area contributed by atoms with Gasteiger partial charge in [-0.1, -0.05) is 5.16 Å². The summed E-state index contributed by atoms with van der Waals surface area (Å²) in [5.74, 6) is 0.140. The molecule has 1 amide bonds. The van der Waals surface area contributed by atoms with Gasteiger partial charge in [-0.2, -0.15) is 0 Å². The second-order valence-corrected chi connectivity index (χ2v) is 4.83. The van der Waals surface area contributed by atoms with Gasteiger partial charge in [0.25, 0.3) is 5.91 Å². The molecule has 2 rings (SSSR count). The van der Waals surface area contributed by atoms with Gasteiger partial charge in [-0.15, -0.1) is 0 Å². The van der Waals surface area contributed by atoms with Gasteiger partial charge in [0.05, 0.1) is 5.69 Å². The van der Waals surface area contributed by atoms with Crippen LogP contribution in [-0.2, 0) is 0 Å². The van der Waals surface area contributed by atoms with Crippen LogP contribution in [0, 0.1) is 19.7 Å². The first kappa shape index (κ1) is 16.0. The van der Waals surface area contributed by atoms with Gasteiger partial charge >= 0.3 is 0 Å². The molecule has 0 radical (unpaired) electrons. The molecular weight excluding hydrogens is 291 g/mol. The van der Waals surface area contributed by atoms with E-state index in [1.165, 1.54) is 24.3 Å². The van der Waals surface area contributed by atoms with Crippen LogP contribution in [0.3, 0.4) is 0 Å². The van der Waals surface area contributed by atoms with Crippen molar-refractivity contribution in [3.05, 3.63) is 47.1 Å². The molecule has 2 aromatic rings. The number of aryl methyl sites for hydroxylation is 2. The van der Waals surface area contributed by atoms with Crippen molar-refractivity contribution in [1.29, 1.82) is 0 Å². The molecule has 6 nitrogen and oxygen atoms in total. The van der Waals surface area contributed by atoms with E-state index >= 15 is 0 Å². The number of hydrogen-bond acceptors (Lipinski definition) is 5. The Bertz CT molecular complexity index is 620.